The third kappa shape index (κ3) is 4.74. The fourth-order valence-corrected chi connectivity index (χ4v) is 0.371. The van der Waals surface area contributed by atoms with Crippen molar-refractivity contribution in [1.82, 2.24) is 0 Å². The summed E-state index contributed by atoms with van der Waals surface area (Å²) in [4.78, 5) is 0. The van der Waals surface area contributed by atoms with Gasteiger partial charge in [0.25, 0.3) is 0 Å². The van der Waals surface area contributed by atoms with Crippen LogP contribution in [0.3, 0.4) is 0 Å². The van der Waals surface area contributed by atoms with Gasteiger partial charge in [0.15, 0.2) is 0 Å². The summed E-state index contributed by atoms with van der Waals surface area (Å²) in [5.74, 6) is -0.303. The third-order valence-electron chi connectivity index (χ3n) is 0.671. The third-order valence-corrected chi connectivity index (χ3v) is 0.671. The van der Waals surface area contributed by atoms with Crippen LogP contribution in [0.2, 0.25) is 0 Å². The van der Waals surface area contributed by atoms with Gasteiger partial charge in [-0.3, -0.25) is 0 Å². The fourth-order valence-electron chi connectivity index (χ4n) is 0.371. The minimum absolute atomic E-state index is 0. The van der Waals surface area contributed by atoms with E-state index in [-0.39, 0.29) is 42.3 Å². The zero-order valence-electron chi connectivity index (χ0n) is 4.77. The molecule has 1 aromatic rings. The summed E-state index contributed by atoms with van der Waals surface area (Å²) >= 11 is 0. The first-order chi connectivity index (χ1) is 3.39. The molecule has 0 fully saturated rings. The average Bonchev–Trinajstić information content (AvgIpc) is 1.69. The number of hydrogen-bond acceptors (Lipinski definition) is 0. The van der Waals surface area contributed by atoms with E-state index in [1.54, 1.807) is 12.1 Å². The molecule has 0 nitrogen and oxygen atoms in total. The first-order valence-electron chi connectivity index (χ1n) is 2.02. The minimum atomic E-state index is -0.303. The van der Waals surface area contributed by atoms with E-state index in [1.807, 2.05) is 0 Å². The Kier molecular flexibility index (Phi) is 8.49. The van der Waals surface area contributed by atoms with Crippen molar-refractivity contribution in [3.8, 4) is 0 Å². The first-order valence-corrected chi connectivity index (χ1v) is 2.02. The predicted octanol–water partition coefficient (Wildman–Crippen LogP) is -1.37. The summed E-state index contributed by atoms with van der Waals surface area (Å²) in [5, 5.41) is 0. The van der Waals surface area contributed by atoms with E-state index in [9.17, 15) is 4.39 Å². The smallest absolute Gasteiger partial charge is 0.131 e. The van der Waals surface area contributed by atoms with Crippen LogP contribution in [0.1, 0.15) is 0 Å². The van der Waals surface area contributed by atoms with Gasteiger partial charge in [-0.1, -0.05) is 18.2 Å². The molecule has 3 heteroatoms. The second-order valence-corrected chi connectivity index (χ2v) is 1.21. The maximum absolute atomic E-state index is 11.9. The molecule has 0 bridgehead atoms. The van der Waals surface area contributed by atoms with Crippen LogP contribution >= 0.6 is 0 Å². The van der Waals surface area contributed by atoms with E-state index in [0.717, 1.165) is 0 Å². The van der Waals surface area contributed by atoms with Crippen molar-refractivity contribution < 1.29 is 40.8 Å². The molecule has 0 aromatic heterocycles. The second-order valence-electron chi connectivity index (χ2n) is 1.21. The normalized spacial score (nSPS) is 6.78. The largest absolute Gasteiger partial charge is 1.00 e. The standard InChI is InChI=1S/C6H4F.BrH.Zn/c7-6-4-2-1-3-5-6;;/h1-4H;1H;/p-1. The molecule has 0 aliphatic rings. The van der Waals surface area contributed by atoms with Crippen LogP contribution < -0.4 is 17.0 Å². The molecule has 45 valence electrons. The molecule has 0 atom stereocenters. The van der Waals surface area contributed by atoms with Crippen molar-refractivity contribution >= 4 is 0 Å². The van der Waals surface area contributed by atoms with Crippen molar-refractivity contribution in [2.24, 2.45) is 0 Å². The molecule has 1 rings (SSSR count). The Morgan fingerprint density at radius 1 is 1.33 bits per heavy atom. The Hall–Kier alpha value is 0.253. The number of benzene rings is 1. The van der Waals surface area contributed by atoms with Crippen LogP contribution in [-0.4, -0.2) is 0 Å². The SMILES string of the molecule is Fc1[c]cccc1.[Br-].[Zn]. The molecule has 0 unspecified atom stereocenters. The summed E-state index contributed by atoms with van der Waals surface area (Å²) < 4.78 is 11.9. The molecule has 0 aliphatic carbocycles. The number of hydrogen-bond donors (Lipinski definition) is 0. The summed E-state index contributed by atoms with van der Waals surface area (Å²) in [5.41, 5.74) is 0. The minimum Gasteiger partial charge on any atom is -1.00 e. The van der Waals surface area contributed by atoms with Gasteiger partial charge in [-0.15, -0.1) is 0 Å². The van der Waals surface area contributed by atoms with E-state index in [2.05, 4.69) is 6.07 Å². The zero-order valence-corrected chi connectivity index (χ0v) is 9.33. The maximum atomic E-state index is 11.9. The molecule has 0 spiro atoms. The van der Waals surface area contributed by atoms with Crippen molar-refractivity contribution in [1.29, 1.82) is 0 Å². The van der Waals surface area contributed by atoms with Crippen LogP contribution in [0.25, 0.3) is 0 Å². The van der Waals surface area contributed by atoms with Gasteiger partial charge in [0, 0.05) is 25.5 Å². The molecule has 0 amide bonds. The number of halogens is 2. The van der Waals surface area contributed by atoms with Crippen LogP contribution in [0.5, 0.6) is 0 Å². The Morgan fingerprint density at radius 3 is 2.22 bits per heavy atom. The van der Waals surface area contributed by atoms with Gasteiger partial charge in [-0.05, 0) is 6.07 Å². The second kappa shape index (κ2) is 6.37. The van der Waals surface area contributed by atoms with Crippen molar-refractivity contribution in [2.45, 2.75) is 0 Å². The van der Waals surface area contributed by atoms with Gasteiger partial charge in [-0.25, -0.2) is 4.39 Å². The van der Waals surface area contributed by atoms with E-state index in [0.29, 0.717) is 0 Å². The van der Waals surface area contributed by atoms with Crippen molar-refractivity contribution in [3.63, 3.8) is 0 Å². The van der Waals surface area contributed by atoms with Crippen LogP contribution in [0.15, 0.2) is 24.3 Å². The topological polar surface area (TPSA) is 0 Å². The van der Waals surface area contributed by atoms with Crippen LogP contribution in [-0.2, 0) is 19.5 Å². The Labute approximate surface area is 77.0 Å². The summed E-state index contributed by atoms with van der Waals surface area (Å²) in [6.07, 6.45) is 0. The zero-order chi connectivity index (χ0) is 5.11. The van der Waals surface area contributed by atoms with Crippen LogP contribution in [0, 0.1) is 11.9 Å². The molecule has 0 heterocycles. The van der Waals surface area contributed by atoms with Crippen molar-refractivity contribution in [2.75, 3.05) is 0 Å². The number of rotatable bonds is 0. The van der Waals surface area contributed by atoms with E-state index in [1.165, 1.54) is 12.1 Å². The van der Waals surface area contributed by atoms with Gasteiger partial charge in [0.05, 0.1) is 0 Å². The van der Waals surface area contributed by atoms with Gasteiger partial charge >= 0.3 is 0 Å². The van der Waals surface area contributed by atoms with E-state index in [4.69, 9.17) is 0 Å². The Morgan fingerprint density at radius 2 is 2.00 bits per heavy atom. The Balaban J connectivity index is 0. The predicted molar refractivity (Wildman–Crippen MR) is 25.2 cm³/mol. The van der Waals surface area contributed by atoms with Gasteiger partial charge in [-0.2, -0.15) is 0 Å². The molecule has 0 aliphatic heterocycles. The van der Waals surface area contributed by atoms with E-state index < -0.39 is 0 Å². The molecule has 0 saturated heterocycles. The molecule has 0 N–H and O–H groups in total. The monoisotopic (exact) mass is 238 g/mol. The quantitative estimate of drug-likeness (QED) is 0.491. The van der Waals surface area contributed by atoms with E-state index >= 15 is 0 Å². The summed E-state index contributed by atoms with van der Waals surface area (Å²) in [7, 11) is 0. The summed E-state index contributed by atoms with van der Waals surface area (Å²) in [6.45, 7) is 0. The molecule has 9 heavy (non-hydrogen) atoms. The molecule has 1 radical (unpaired) electrons. The van der Waals surface area contributed by atoms with Crippen molar-refractivity contribution in [3.05, 3.63) is 36.1 Å². The Bertz CT molecular complexity index is 143. The summed E-state index contributed by atoms with van der Waals surface area (Å²) in [6, 6.07) is 8.62. The van der Waals surface area contributed by atoms with Gasteiger partial charge in [0.1, 0.15) is 5.82 Å². The molecule has 0 saturated carbocycles. The van der Waals surface area contributed by atoms with Gasteiger partial charge in [0.2, 0.25) is 0 Å². The molecule has 1 aromatic carbocycles. The van der Waals surface area contributed by atoms with Gasteiger partial charge < -0.3 is 17.0 Å². The fraction of sp³-hybridized carbons (Fsp3) is 0. The van der Waals surface area contributed by atoms with Crippen LogP contribution in [0.4, 0.5) is 4.39 Å². The first kappa shape index (κ1) is 12.0. The average molecular weight is 240 g/mol. The maximum Gasteiger partial charge on any atom is 0.131 e. The molecular weight excluding hydrogens is 236 g/mol. The molecular formula is C6H4BrFZn-.